The molecule has 0 saturated carbocycles. The molecular weight excluding hydrogens is 248 g/mol. The maximum atomic E-state index is 10.7. The third-order valence-corrected chi connectivity index (χ3v) is 3.66. The lowest BCUT2D eigenvalue weighted by molar-refractivity contribution is 0.112. The van der Waals surface area contributed by atoms with E-state index in [0.717, 1.165) is 38.2 Å². The Morgan fingerprint density at radius 1 is 1.28 bits per heavy atom. The molecule has 0 radical (unpaired) electrons. The van der Waals surface area contributed by atoms with Crippen molar-refractivity contribution in [3.63, 3.8) is 0 Å². The van der Waals surface area contributed by atoms with Crippen molar-refractivity contribution < 1.29 is 4.79 Å². The Balaban J connectivity index is 2.03. The molecule has 0 amide bonds. The Kier molecular flexibility index (Phi) is 4.61. The molecule has 1 aliphatic rings. The quantitative estimate of drug-likeness (QED) is 0.783. The Morgan fingerprint density at radius 2 is 2.00 bits per heavy atom. The minimum atomic E-state index is 0.633. The summed E-state index contributed by atoms with van der Waals surface area (Å²) < 4.78 is 0. The zero-order valence-electron chi connectivity index (χ0n) is 10.7. The zero-order chi connectivity index (χ0) is 13.0. The fourth-order valence-electron chi connectivity index (χ4n) is 2.38. The average molecular weight is 267 g/mol. The number of halogens is 1. The highest BCUT2D eigenvalue weighted by Crippen LogP contribution is 2.27. The van der Waals surface area contributed by atoms with Crippen molar-refractivity contribution in [1.82, 2.24) is 4.90 Å². The first-order valence-corrected chi connectivity index (χ1v) is 6.84. The molecule has 0 N–H and O–H groups in total. The Labute approximate surface area is 113 Å². The molecule has 1 saturated heterocycles. The van der Waals surface area contributed by atoms with Gasteiger partial charge in [-0.1, -0.05) is 18.5 Å². The van der Waals surface area contributed by atoms with E-state index in [-0.39, 0.29) is 0 Å². The van der Waals surface area contributed by atoms with Crippen LogP contribution in [0.2, 0.25) is 5.02 Å². The van der Waals surface area contributed by atoms with E-state index in [2.05, 4.69) is 16.7 Å². The Bertz CT molecular complexity index is 414. The van der Waals surface area contributed by atoms with Gasteiger partial charge in [0, 0.05) is 31.7 Å². The predicted molar refractivity (Wildman–Crippen MR) is 75.8 cm³/mol. The lowest BCUT2D eigenvalue weighted by atomic mass is 10.2. The van der Waals surface area contributed by atoms with Gasteiger partial charge in [-0.2, -0.15) is 0 Å². The van der Waals surface area contributed by atoms with E-state index in [1.807, 2.05) is 12.1 Å². The number of carbonyl (C=O) groups is 1. The molecule has 98 valence electrons. The largest absolute Gasteiger partial charge is 0.368 e. The van der Waals surface area contributed by atoms with Crippen molar-refractivity contribution in [2.75, 3.05) is 37.6 Å². The lowest BCUT2D eigenvalue weighted by Gasteiger charge is -2.36. The number of hydrogen-bond donors (Lipinski definition) is 0. The second-order valence-electron chi connectivity index (χ2n) is 4.66. The highest BCUT2D eigenvalue weighted by Gasteiger charge is 2.18. The molecule has 1 fully saturated rings. The summed E-state index contributed by atoms with van der Waals surface area (Å²) in [5, 5.41) is 0.670. The number of anilines is 1. The van der Waals surface area contributed by atoms with Gasteiger partial charge in [-0.3, -0.25) is 9.69 Å². The van der Waals surface area contributed by atoms with Crippen molar-refractivity contribution in [1.29, 1.82) is 0 Å². The summed E-state index contributed by atoms with van der Waals surface area (Å²) in [4.78, 5) is 15.5. The fraction of sp³-hybridized carbons (Fsp3) is 0.500. The van der Waals surface area contributed by atoms with Crippen molar-refractivity contribution >= 4 is 23.6 Å². The number of rotatable bonds is 4. The molecule has 0 spiro atoms. The predicted octanol–water partition coefficient (Wildman–Crippen LogP) is 2.68. The number of hydrogen-bond acceptors (Lipinski definition) is 3. The van der Waals surface area contributed by atoms with Crippen LogP contribution in [-0.2, 0) is 0 Å². The van der Waals surface area contributed by atoms with Crippen molar-refractivity contribution in [2.45, 2.75) is 13.3 Å². The topological polar surface area (TPSA) is 23.6 Å². The number of piperazine rings is 1. The van der Waals surface area contributed by atoms with Gasteiger partial charge in [0.1, 0.15) is 6.29 Å². The van der Waals surface area contributed by atoms with Gasteiger partial charge in [-0.25, -0.2) is 0 Å². The smallest absolute Gasteiger partial charge is 0.150 e. The van der Waals surface area contributed by atoms with Gasteiger partial charge in [0.25, 0.3) is 0 Å². The van der Waals surface area contributed by atoms with Gasteiger partial charge in [0.05, 0.1) is 10.7 Å². The molecule has 0 unspecified atom stereocenters. The van der Waals surface area contributed by atoms with E-state index in [9.17, 15) is 4.79 Å². The highest BCUT2D eigenvalue weighted by atomic mass is 35.5. The summed E-state index contributed by atoms with van der Waals surface area (Å²) in [6.07, 6.45) is 2.03. The Hall–Kier alpha value is -1.06. The normalized spacial score (nSPS) is 16.9. The summed E-state index contributed by atoms with van der Waals surface area (Å²) in [5.41, 5.74) is 1.67. The average Bonchev–Trinajstić information content (AvgIpc) is 2.40. The van der Waals surface area contributed by atoms with Crippen LogP contribution in [0.5, 0.6) is 0 Å². The second kappa shape index (κ2) is 6.21. The number of benzene rings is 1. The van der Waals surface area contributed by atoms with Crippen molar-refractivity contribution in [3.8, 4) is 0 Å². The van der Waals surface area contributed by atoms with Gasteiger partial charge >= 0.3 is 0 Å². The minimum absolute atomic E-state index is 0.633. The molecule has 1 aliphatic heterocycles. The standard InChI is InChI=1S/C14H19ClN2O/c1-2-5-16-6-8-17(9-7-16)14-4-3-12(11-18)10-13(14)15/h3-4,10-11H,2,5-9H2,1H3. The summed E-state index contributed by atoms with van der Waals surface area (Å²) in [7, 11) is 0. The third-order valence-electron chi connectivity index (χ3n) is 3.36. The van der Waals surface area contributed by atoms with Gasteiger partial charge in [-0.05, 0) is 31.2 Å². The number of aldehydes is 1. The van der Waals surface area contributed by atoms with E-state index in [0.29, 0.717) is 10.6 Å². The lowest BCUT2D eigenvalue weighted by Crippen LogP contribution is -2.46. The van der Waals surface area contributed by atoms with Crippen LogP contribution in [0.4, 0.5) is 5.69 Å². The minimum Gasteiger partial charge on any atom is -0.368 e. The summed E-state index contributed by atoms with van der Waals surface area (Å²) >= 11 is 6.22. The van der Waals surface area contributed by atoms with Gasteiger partial charge < -0.3 is 4.90 Å². The van der Waals surface area contributed by atoms with Crippen LogP contribution in [0, 0.1) is 0 Å². The van der Waals surface area contributed by atoms with Crippen molar-refractivity contribution in [3.05, 3.63) is 28.8 Å². The highest BCUT2D eigenvalue weighted by molar-refractivity contribution is 6.33. The first-order chi connectivity index (χ1) is 8.74. The third kappa shape index (κ3) is 3.03. The molecule has 0 aliphatic carbocycles. The Morgan fingerprint density at radius 3 is 2.56 bits per heavy atom. The molecule has 18 heavy (non-hydrogen) atoms. The van der Waals surface area contributed by atoms with Crippen LogP contribution in [-0.4, -0.2) is 43.9 Å². The maximum Gasteiger partial charge on any atom is 0.150 e. The molecule has 2 rings (SSSR count). The monoisotopic (exact) mass is 266 g/mol. The fourth-order valence-corrected chi connectivity index (χ4v) is 2.69. The van der Waals surface area contributed by atoms with Gasteiger partial charge in [-0.15, -0.1) is 0 Å². The van der Waals surface area contributed by atoms with Crippen molar-refractivity contribution in [2.24, 2.45) is 0 Å². The molecule has 0 atom stereocenters. The van der Waals surface area contributed by atoms with Crippen LogP contribution in [0.1, 0.15) is 23.7 Å². The molecule has 1 heterocycles. The molecule has 1 aromatic carbocycles. The number of nitrogens with zero attached hydrogens (tertiary/aromatic N) is 2. The van der Waals surface area contributed by atoms with E-state index < -0.39 is 0 Å². The summed E-state index contributed by atoms with van der Waals surface area (Å²) in [5.74, 6) is 0. The van der Waals surface area contributed by atoms with E-state index in [1.54, 1.807) is 6.07 Å². The first-order valence-electron chi connectivity index (χ1n) is 6.46. The van der Waals surface area contributed by atoms with Crippen LogP contribution in [0.3, 0.4) is 0 Å². The van der Waals surface area contributed by atoms with E-state index in [1.165, 1.54) is 13.0 Å². The maximum absolute atomic E-state index is 10.7. The molecule has 0 bridgehead atoms. The van der Waals surface area contributed by atoms with E-state index in [4.69, 9.17) is 11.6 Å². The molecule has 1 aromatic rings. The molecule has 4 heteroatoms. The van der Waals surface area contributed by atoms with Crippen LogP contribution < -0.4 is 4.90 Å². The first kappa shape index (κ1) is 13.4. The SMILES string of the molecule is CCCN1CCN(c2ccc(C=O)cc2Cl)CC1. The molecular formula is C14H19ClN2O. The van der Waals surface area contributed by atoms with E-state index >= 15 is 0 Å². The molecule has 3 nitrogen and oxygen atoms in total. The number of carbonyl (C=O) groups excluding carboxylic acids is 1. The zero-order valence-corrected chi connectivity index (χ0v) is 11.5. The van der Waals surface area contributed by atoms with Gasteiger partial charge in [0.2, 0.25) is 0 Å². The summed E-state index contributed by atoms with van der Waals surface area (Å²) in [6, 6.07) is 5.51. The summed E-state index contributed by atoms with van der Waals surface area (Å²) in [6.45, 7) is 7.55. The second-order valence-corrected chi connectivity index (χ2v) is 5.06. The van der Waals surface area contributed by atoms with Crippen LogP contribution in [0.15, 0.2) is 18.2 Å². The van der Waals surface area contributed by atoms with Crippen LogP contribution in [0.25, 0.3) is 0 Å². The van der Waals surface area contributed by atoms with Crippen LogP contribution >= 0.6 is 11.6 Å². The molecule has 0 aromatic heterocycles. The van der Waals surface area contributed by atoms with Gasteiger partial charge in [0.15, 0.2) is 0 Å².